The minimum absolute atomic E-state index is 0.517. The first-order valence-corrected chi connectivity index (χ1v) is 7.94. The van der Waals surface area contributed by atoms with Gasteiger partial charge in [0.2, 0.25) is 0 Å². The van der Waals surface area contributed by atoms with Crippen LogP contribution >= 0.6 is 11.8 Å². The summed E-state index contributed by atoms with van der Waals surface area (Å²) < 4.78 is 0. The summed E-state index contributed by atoms with van der Waals surface area (Å²) in [6.07, 6.45) is 7.92. The van der Waals surface area contributed by atoms with E-state index in [0.717, 1.165) is 24.5 Å². The predicted molar refractivity (Wildman–Crippen MR) is 79.0 cm³/mol. The van der Waals surface area contributed by atoms with E-state index in [1.807, 2.05) is 17.8 Å². The van der Waals surface area contributed by atoms with Crippen molar-refractivity contribution in [1.82, 2.24) is 9.97 Å². The Morgan fingerprint density at radius 3 is 3.00 bits per heavy atom. The zero-order valence-electron chi connectivity index (χ0n) is 11.1. The van der Waals surface area contributed by atoms with Gasteiger partial charge >= 0.3 is 0 Å². The van der Waals surface area contributed by atoms with Crippen molar-refractivity contribution < 1.29 is 0 Å². The maximum atomic E-state index is 5.83. The van der Waals surface area contributed by atoms with Gasteiger partial charge in [0.25, 0.3) is 0 Å². The van der Waals surface area contributed by atoms with Gasteiger partial charge in [-0.1, -0.05) is 13.3 Å². The summed E-state index contributed by atoms with van der Waals surface area (Å²) in [5.74, 6) is 2.30. The van der Waals surface area contributed by atoms with E-state index in [2.05, 4.69) is 28.5 Å². The Hall–Kier alpha value is -0.970. The van der Waals surface area contributed by atoms with E-state index in [1.165, 1.54) is 19.3 Å². The number of aromatic nitrogens is 2. The Kier molecular flexibility index (Phi) is 4.69. The van der Waals surface area contributed by atoms with Gasteiger partial charge in [-0.3, -0.25) is 0 Å². The van der Waals surface area contributed by atoms with Crippen LogP contribution in [0.3, 0.4) is 0 Å². The molecule has 1 saturated carbocycles. The van der Waals surface area contributed by atoms with Crippen LogP contribution < -0.4 is 11.1 Å². The molecule has 18 heavy (non-hydrogen) atoms. The van der Waals surface area contributed by atoms with Crippen molar-refractivity contribution in [1.29, 1.82) is 0 Å². The molecule has 1 fully saturated rings. The molecule has 1 heterocycles. The molecule has 0 spiro atoms. The van der Waals surface area contributed by atoms with Gasteiger partial charge in [0.1, 0.15) is 17.5 Å². The first-order valence-electron chi connectivity index (χ1n) is 6.65. The molecule has 0 radical (unpaired) electrons. The maximum Gasteiger partial charge on any atom is 0.133 e. The number of rotatable bonds is 5. The van der Waals surface area contributed by atoms with E-state index < -0.39 is 0 Å². The first kappa shape index (κ1) is 13.5. The number of nitrogens with two attached hydrogens (primary N) is 1. The summed E-state index contributed by atoms with van der Waals surface area (Å²) in [7, 11) is 0. The molecule has 2 rings (SSSR count). The summed E-state index contributed by atoms with van der Waals surface area (Å²) in [6.45, 7) is 2.13. The number of thioether (sulfide) groups is 1. The topological polar surface area (TPSA) is 63.8 Å². The molecule has 0 amide bonds. The van der Waals surface area contributed by atoms with E-state index in [-0.39, 0.29) is 0 Å². The van der Waals surface area contributed by atoms with Crippen LogP contribution in [0.5, 0.6) is 0 Å². The lowest BCUT2D eigenvalue weighted by Gasteiger charge is -2.20. The fourth-order valence-corrected chi connectivity index (χ4v) is 3.43. The molecule has 1 aromatic rings. The van der Waals surface area contributed by atoms with Gasteiger partial charge in [-0.2, -0.15) is 11.8 Å². The van der Waals surface area contributed by atoms with Crippen LogP contribution in [0.25, 0.3) is 0 Å². The zero-order valence-corrected chi connectivity index (χ0v) is 12.0. The van der Waals surface area contributed by atoms with Crippen LogP contribution in [0.15, 0.2) is 6.07 Å². The summed E-state index contributed by atoms with van der Waals surface area (Å²) >= 11 is 1.94. The second-order valence-electron chi connectivity index (χ2n) is 4.80. The Bertz CT molecular complexity index is 397. The lowest BCUT2D eigenvalue weighted by molar-refractivity contribution is 0.756. The Morgan fingerprint density at radius 1 is 1.44 bits per heavy atom. The lowest BCUT2D eigenvalue weighted by Crippen LogP contribution is -2.26. The average Bonchev–Trinajstić information content (AvgIpc) is 2.76. The van der Waals surface area contributed by atoms with Gasteiger partial charge < -0.3 is 11.1 Å². The van der Waals surface area contributed by atoms with Gasteiger partial charge in [-0.05, 0) is 25.5 Å². The number of nitrogens with zero attached hydrogens (tertiary/aromatic N) is 2. The third-order valence-electron chi connectivity index (χ3n) is 3.35. The van der Waals surface area contributed by atoms with Crippen LogP contribution in [0.2, 0.25) is 0 Å². The fourth-order valence-electron chi connectivity index (χ4n) is 2.49. The third-order valence-corrected chi connectivity index (χ3v) is 4.52. The smallest absolute Gasteiger partial charge is 0.133 e. The summed E-state index contributed by atoms with van der Waals surface area (Å²) in [5, 5.41) is 4.22. The van der Waals surface area contributed by atoms with Crippen LogP contribution in [0.4, 0.5) is 11.6 Å². The molecular formula is C13H22N4S. The summed E-state index contributed by atoms with van der Waals surface area (Å²) in [4.78, 5) is 8.80. The maximum absolute atomic E-state index is 5.83. The molecular weight excluding hydrogens is 244 g/mol. The molecule has 2 unspecified atom stereocenters. The number of hydrogen-bond donors (Lipinski definition) is 2. The van der Waals surface area contributed by atoms with E-state index in [9.17, 15) is 0 Å². The standard InChI is InChI=1S/C13H22N4S/c1-3-5-12-16-11(14)8-13(17-12)15-9-6-4-7-10(9)18-2/h8-10H,3-7H2,1-2H3,(H3,14,15,16,17). The van der Waals surface area contributed by atoms with Crippen LogP contribution in [-0.4, -0.2) is 27.5 Å². The predicted octanol–water partition coefficient (Wildman–Crippen LogP) is 2.71. The van der Waals surface area contributed by atoms with Gasteiger partial charge in [0.05, 0.1) is 0 Å². The van der Waals surface area contributed by atoms with Gasteiger partial charge in [-0.15, -0.1) is 0 Å². The van der Waals surface area contributed by atoms with Crippen molar-refractivity contribution in [2.24, 2.45) is 0 Å². The van der Waals surface area contributed by atoms with Gasteiger partial charge in [0.15, 0.2) is 0 Å². The molecule has 5 heteroatoms. The second-order valence-corrected chi connectivity index (χ2v) is 5.88. The average molecular weight is 266 g/mol. The Balaban J connectivity index is 2.08. The normalized spacial score (nSPS) is 23.2. The zero-order chi connectivity index (χ0) is 13.0. The molecule has 2 atom stereocenters. The van der Waals surface area contributed by atoms with Crippen molar-refractivity contribution in [2.45, 2.75) is 50.3 Å². The molecule has 1 aromatic heterocycles. The molecule has 0 saturated heterocycles. The minimum atomic E-state index is 0.517. The highest BCUT2D eigenvalue weighted by Crippen LogP contribution is 2.30. The summed E-state index contributed by atoms with van der Waals surface area (Å²) in [5.41, 5.74) is 5.83. The highest BCUT2D eigenvalue weighted by atomic mass is 32.2. The molecule has 1 aliphatic rings. The van der Waals surface area contributed by atoms with Crippen molar-refractivity contribution in [3.8, 4) is 0 Å². The largest absolute Gasteiger partial charge is 0.384 e. The van der Waals surface area contributed by atoms with Crippen molar-refractivity contribution in [2.75, 3.05) is 17.3 Å². The molecule has 1 aliphatic carbocycles. The minimum Gasteiger partial charge on any atom is -0.384 e. The first-order chi connectivity index (χ1) is 8.72. The van der Waals surface area contributed by atoms with E-state index in [1.54, 1.807) is 0 Å². The second kappa shape index (κ2) is 6.27. The van der Waals surface area contributed by atoms with E-state index >= 15 is 0 Å². The molecule has 0 aromatic carbocycles. The number of nitrogens with one attached hydrogen (secondary N) is 1. The fraction of sp³-hybridized carbons (Fsp3) is 0.692. The van der Waals surface area contributed by atoms with Crippen molar-refractivity contribution in [3.05, 3.63) is 11.9 Å². The van der Waals surface area contributed by atoms with Crippen LogP contribution in [-0.2, 0) is 6.42 Å². The number of hydrogen-bond acceptors (Lipinski definition) is 5. The SMILES string of the molecule is CCCc1nc(N)cc(NC2CCCC2SC)n1. The van der Waals surface area contributed by atoms with Crippen LogP contribution in [0.1, 0.15) is 38.4 Å². The Labute approximate surface area is 113 Å². The number of aryl methyl sites for hydroxylation is 1. The molecule has 4 nitrogen and oxygen atoms in total. The third kappa shape index (κ3) is 3.28. The summed E-state index contributed by atoms with van der Waals surface area (Å²) in [6, 6.07) is 2.36. The van der Waals surface area contributed by atoms with Crippen molar-refractivity contribution in [3.63, 3.8) is 0 Å². The van der Waals surface area contributed by atoms with E-state index in [4.69, 9.17) is 5.73 Å². The highest BCUT2D eigenvalue weighted by Gasteiger charge is 2.26. The Morgan fingerprint density at radius 2 is 2.28 bits per heavy atom. The quantitative estimate of drug-likeness (QED) is 0.858. The van der Waals surface area contributed by atoms with Gasteiger partial charge in [0, 0.05) is 23.8 Å². The van der Waals surface area contributed by atoms with Crippen LogP contribution in [0, 0.1) is 0 Å². The van der Waals surface area contributed by atoms with Gasteiger partial charge in [-0.25, -0.2) is 9.97 Å². The monoisotopic (exact) mass is 266 g/mol. The lowest BCUT2D eigenvalue weighted by atomic mass is 10.2. The number of nitrogen functional groups attached to an aromatic ring is 1. The number of anilines is 2. The van der Waals surface area contributed by atoms with Crippen molar-refractivity contribution >= 4 is 23.4 Å². The molecule has 0 bridgehead atoms. The van der Waals surface area contributed by atoms with E-state index in [0.29, 0.717) is 17.1 Å². The highest BCUT2D eigenvalue weighted by molar-refractivity contribution is 7.99. The molecule has 100 valence electrons. The molecule has 3 N–H and O–H groups in total. The molecule has 0 aliphatic heterocycles.